The fourth-order valence-corrected chi connectivity index (χ4v) is 0.531. The summed E-state index contributed by atoms with van der Waals surface area (Å²) in [5.41, 5.74) is 0. The van der Waals surface area contributed by atoms with Crippen LogP contribution in [0.3, 0.4) is 0 Å². The zero-order valence-electron chi connectivity index (χ0n) is 6.04. The Morgan fingerprint density at radius 3 is 2.27 bits per heavy atom. The molecule has 0 saturated heterocycles. The number of sulfone groups is 1. The van der Waals surface area contributed by atoms with E-state index in [4.69, 9.17) is 11.6 Å². The van der Waals surface area contributed by atoms with E-state index < -0.39 is 9.84 Å². The van der Waals surface area contributed by atoms with Gasteiger partial charge in [0.1, 0.15) is 5.16 Å². The predicted octanol–water partition coefficient (Wildman–Crippen LogP) is 1.33. The molecular weight excluding hydrogens is 186 g/mol. The molecule has 0 radical (unpaired) electrons. The number of nitrogens with zero attached hydrogens (tertiary/aromatic N) is 1. The fraction of sp³-hybridized carbons (Fsp3) is 0.167. The Morgan fingerprint density at radius 2 is 2.00 bits per heavy atom. The summed E-state index contributed by atoms with van der Waals surface area (Å²) in [6.07, 6.45) is 2.10. The highest BCUT2D eigenvalue weighted by Crippen LogP contribution is 2.01. The average Bonchev–Trinajstić information content (AvgIpc) is 1.80. The molecule has 0 unspecified atom stereocenters. The third-order valence-electron chi connectivity index (χ3n) is 0.825. The molecule has 0 aliphatic heterocycles. The first-order chi connectivity index (χ1) is 4.84. The van der Waals surface area contributed by atoms with Crippen LogP contribution < -0.4 is 0 Å². The van der Waals surface area contributed by atoms with Crippen molar-refractivity contribution in [2.45, 2.75) is 0 Å². The number of rotatable bonds is 3. The molecule has 0 bridgehead atoms. The SMILES string of the molecule is C=C(Cl)/N=C\C(=C)S(C)(=O)=O. The summed E-state index contributed by atoms with van der Waals surface area (Å²) in [6, 6.07) is 0. The molecule has 0 aromatic heterocycles. The maximum absolute atomic E-state index is 10.7. The van der Waals surface area contributed by atoms with Crippen LogP contribution >= 0.6 is 11.6 Å². The fourth-order valence-electron chi connectivity index (χ4n) is 0.238. The lowest BCUT2D eigenvalue weighted by Gasteiger charge is -1.92. The predicted molar refractivity (Wildman–Crippen MR) is 47.5 cm³/mol. The molecule has 0 heterocycles. The van der Waals surface area contributed by atoms with E-state index in [1.807, 2.05) is 0 Å². The van der Waals surface area contributed by atoms with Crippen LogP contribution in [0.25, 0.3) is 0 Å². The average molecular weight is 194 g/mol. The molecule has 0 spiro atoms. The van der Waals surface area contributed by atoms with E-state index in [-0.39, 0.29) is 10.1 Å². The van der Waals surface area contributed by atoms with Gasteiger partial charge in [0.2, 0.25) is 0 Å². The summed E-state index contributed by atoms with van der Waals surface area (Å²) in [6.45, 7) is 6.50. The van der Waals surface area contributed by atoms with Gasteiger partial charge in [-0.1, -0.05) is 24.8 Å². The topological polar surface area (TPSA) is 46.5 Å². The number of hydrogen-bond donors (Lipinski definition) is 0. The van der Waals surface area contributed by atoms with Gasteiger partial charge < -0.3 is 0 Å². The quantitative estimate of drug-likeness (QED) is 0.502. The van der Waals surface area contributed by atoms with Gasteiger partial charge in [-0.3, -0.25) is 0 Å². The van der Waals surface area contributed by atoms with Crippen molar-refractivity contribution in [3.63, 3.8) is 0 Å². The Balaban J connectivity index is 4.46. The second-order valence-electron chi connectivity index (χ2n) is 1.87. The number of hydrogen-bond acceptors (Lipinski definition) is 3. The second kappa shape index (κ2) is 3.69. The van der Waals surface area contributed by atoms with Crippen molar-refractivity contribution >= 4 is 27.7 Å². The van der Waals surface area contributed by atoms with Crippen LogP contribution in [0.1, 0.15) is 0 Å². The van der Waals surface area contributed by atoms with E-state index >= 15 is 0 Å². The molecule has 3 nitrogen and oxygen atoms in total. The van der Waals surface area contributed by atoms with Gasteiger partial charge in [0.15, 0.2) is 9.84 Å². The van der Waals surface area contributed by atoms with Crippen molar-refractivity contribution in [2.24, 2.45) is 4.99 Å². The zero-order chi connectivity index (χ0) is 9.07. The van der Waals surface area contributed by atoms with Gasteiger partial charge in [0.05, 0.1) is 4.91 Å². The van der Waals surface area contributed by atoms with E-state index in [2.05, 4.69) is 18.2 Å². The highest BCUT2D eigenvalue weighted by Gasteiger charge is 2.03. The van der Waals surface area contributed by atoms with Gasteiger partial charge in [0, 0.05) is 12.5 Å². The summed E-state index contributed by atoms with van der Waals surface area (Å²) in [4.78, 5) is 3.37. The Labute approximate surface area is 71.0 Å². The summed E-state index contributed by atoms with van der Waals surface area (Å²) in [5, 5.41) is 0.0230. The molecule has 0 N–H and O–H groups in total. The third kappa shape index (κ3) is 4.75. The molecule has 0 amide bonds. The molecule has 0 fully saturated rings. The van der Waals surface area contributed by atoms with Gasteiger partial charge in [-0.2, -0.15) is 0 Å². The van der Waals surface area contributed by atoms with Crippen molar-refractivity contribution in [3.05, 3.63) is 23.2 Å². The smallest absolute Gasteiger partial charge is 0.176 e. The summed E-state index contributed by atoms with van der Waals surface area (Å²) >= 11 is 5.24. The van der Waals surface area contributed by atoms with Crippen LogP contribution in [0, 0.1) is 0 Å². The van der Waals surface area contributed by atoms with Crippen LogP contribution in [-0.4, -0.2) is 20.9 Å². The standard InChI is InChI=1S/C6H8ClNO2S/c1-5(11(3,9)10)4-8-6(2)7/h4H,1-2H2,3H3/b8-4-. The van der Waals surface area contributed by atoms with E-state index in [1.165, 1.54) is 0 Å². The Bertz CT molecular complexity index is 303. The van der Waals surface area contributed by atoms with Crippen molar-refractivity contribution in [1.29, 1.82) is 0 Å². The van der Waals surface area contributed by atoms with Crippen LogP contribution in [0.4, 0.5) is 0 Å². The van der Waals surface area contributed by atoms with Crippen LogP contribution in [0.2, 0.25) is 0 Å². The first-order valence-corrected chi connectivity index (χ1v) is 4.88. The molecular formula is C6H8ClNO2S. The minimum atomic E-state index is -3.24. The lowest BCUT2D eigenvalue weighted by molar-refractivity contribution is 0.609. The Morgan fingerprint density at radius 1 is 1.55 bits per heavy atom. The van der Waals surface area contributed by atoms with Gasteiger partial charge in [-0.15, -0.1) is 0 Å². The zero-order valence-corrected chi connectivity index (χ0v) is 7.61. The summed E-state index contributed by atoms with van der Waals surface area (Å²) in [7, 11) is -3.24. The van der Waals surface area contributed by atoms with Gasteiger partial charge in [0.25, 0.3) is 0 Å². The normalized spacial score (nSPS) is 11.8. The number of allylic oxidation sites excluding steroid dienone is 1. The van der Waals surface area contributed by atoms with Crippen LogP contribution in [0.5, 0.6) is 0 Å². The molecule has 5 heteroatoms. The molecule has 62 valence electrons. The molecule has 0 saturated carbocycles. The van der Waals surface area contributed by atoms with Gasteiger partial charge in [-0.25, -0.2) is 13.4 Å². The minimum absolute atomic E-state index is 0.0230. The maximum atomic E-state index is 10.7. The lowest BCUT2D eigenvalue weighted by atomic mass is 10.7. The monoisotopic (exact) mass is 193 g/mol. The largest absolute Gasteiger partial charge is 0.244 e. The van der Waals surface area contributed by atoms with Crippen LogP contribution in [-0.2, 0) is 9.84 Å². The molecule has 0 aromatic rings. The van der Waals surface area contributed by atoms with Crippen molar-refractivity contribution in [1.82, 2.24) is 0 Å². The molecule has 11 heavy (non-hydrogen) atoms. The van der Waals surface area contributed by atoms with Gasteiger partial charge >= 0.3 is 0 Å². The van der Waals surface area contributed by atoms with E-state index in [0.29, 0.717) is 0 Å². The van der Waals surface area contributed by atoms with E-state index in [1.54, 1.807) is 0 Å². The Kier molecular flexibility index (Phi) is 3.48. The maximum Gasteiger partial charge on any atom is 0.176 e. The van der Waals surface area contributed by atoms with Crippen molar-refractivity contribution in [3.8, 4) is 0 Å². The summed E-state index contributed by atoms with van der Waals surface area (Å²) < 4.78 is 21.4. The van der Waals surface area contributed by atoms with Crippen molar-refractivity contribution in [2.75, 3.05) is 6.26 Å². The third-order valence-corrected chi connectivity index (χ3v) is 1.98. The Hall–Kier alpha value is -0.610. The highest BCUT2D eigenvalue weighted by atomic mass is 35.5. The molecule has 0 rings (SSSR count). The van der Waals surface area contributed by atoms with E-state index in [9.17, 15) is 8.42 Å². The highest BCUT2D eigenvalue weighted by molar-refractivity contribution is 7.95. The number of halogens is 1. The van der Waals surface area contributed by atoms with Crippen LogP contribution in [0.15, 0.2) is 28.2 Å². The first kappa shape index (κ1) is 10.4. The van der Waals surface area contributed by atoms with E-state index in [0.717, 1.165) is 12.5 Å². The van der Waals surface area contributed by atoms with Gasteiger partial charge in [-0.05, 0) is 0 Å². The van der Waals surface area contributed by atoms with Crippen molar-refractivity contribution < 1.29 is 8.42 Å². The number of aliphatic imine (C=N–C) groups is 1. The summed E-state index contributed by atoms with van der Waals surface area (Å²) in [5.74, 6) is 0. The first-order valence-electron chi connectivity index (χ1n) is 2.61. The lowest BCUT2D eigenvalue weighted by Crippen LogP contribution is -1.99. The molecule has 0 aliphatic carbocycles. The molecule has 0 aromatic carbocycles. The molecule has 0 aliphatic rings. The minimum Gasteiger partial charge on any atom is -0.244 e. The molecule has 0 atom stereocenters. The second-order valence-corrected chi connectivity index (χ2v) is 4.38.